The number of aryl methyl sites for hydroxylation is 1. The van der Waals surface area contributed by atoms with Gasteiger partial charge in [0.25, 0.3) is 5.56 Å². The zero-order valence-corrected chi connectivity index (χ0v) is 14.8. The number of rotatable bonds is 3. The second kappa shape index (κ2) is 5.66. The smallest absolute Gasteiger partial charge is 0.291 e. The van der Waals surface area contributed by atoms with Crippen molar-refractivity contribution in [3.63, 3.8) is 0 Å². The van der Waals surface area contributed by atoms with Crippen molar-refractivity contribution in [1.82, 2.24) is 28.7 Å². The Kier molecular flexibility index (Phi) is 3.27. The monoisotopic (exact) mass is 360 g/mol. The van der Waals surface area contributed by atoms with Gasteiger partial charge in [0.05, 0.1) is 31.1 Å². The van der Waals surface area contributed by atoms with Crippen molar-refractivity contribution >= 4 is 27.6 Å². The highest BCUT2D eigenvalue weighted by molar-refractivity contribution is 6.07. The average Bonchev–Trinajstić information content (AvgIpc) is 3.22. The van der Waals surface area contributed by atoms with E-state index in [0.29, 0.717) is 11.3 Å². The standard InChI is InChI=1S/C19H16N6O2/c1-23-16-8-13(27-2)4-5-14(16)15-9-21-25(18(26)17(15)23)11-12-10-24-7-3-6-20-19(24)22-12/h3-10H,11H2,1-2H3. The third kappa shape index (κ3) is 2.30. The first-order chi connectivity index (χ1) is 13.2. The predicted molar refractivity (Wildman–Crippen MR) is 101 cm³/mol. The number of hydrogen-bond donors (Lipinski definition) is 0. The van der Waals surface area contributed by atoms with Crippen molar-refractivity contribution in [2.24, 2.45) is 7.05 Å². The van der Waals surface area contributed by atoms with Crippen LogP contribution in [0.5, 0.6) is 5.75 Å². The molecule has 134 valence electrons. The zero-order valence-electron chi connectivity index (χ0n) is 14.8. The van der Waals surface area contributed by atoms with E-state index < -0.39 is 0 Å². The molecule has 0 bridgehead atoms. The van der Waals surface area contributed by atoms with Gasteiger partial charge in [0.15, 0.2) is 0 Å². The summed E-state index contributed by atoms with van der Waals surface area (Å²) in [7, 11) is 3.51. The SMILES string of the molecule is COc1ccc2c3cnn(Cc4cn5cccnc5n4)c(=O)c3n(C)c2c1. The van der Waals surface area contributed by atoms with E-state index in [2.05, 4.69) is 15.1 Å². The fourth-order valence-electron chi connectivity index (χ4n) is 3.49. The van der Waals surface area contributed by atoms with Gasteiger partial charge in [-0.2, -0.15) is 5.10 Å². The second-order valence-electron chi connectivity index (χ2n) is 6.37. The van der Waals surface area contributed by atoms with E-state index in [9.17, 15) is 4.79 Å². The summed E-state index contributed by atoms with van der Waals surface area (Å²) in [6.07, 6.45) is 7.15. The van der Waals surface area contributed by atoms with Crippen molar-refractivity contribution < 1.29 is 4.74 Å². The molecule has 4 heterocycles. The van der Waals surface area contributed by atoms with E-state index >= 15 is 0 Å². The van der Waals surface area contributed by atoms with Crippen LogP contribution in [-0.4, -0.2) is 35.8 Å². The number of methoxy groups -OCH3 is 1. The van der Waals surface area contributed by atoms with Crippen molar-refractivity contribution in [3.05, 3.63) is 65.1 Å². The lowest BCUT2D eigenvalue weighted by atomic mass is 10.2. The summed E-state index contributed by atoms with van der Waals surface area (Å²) >= 11 is 0. The van der Waals surface area contributed by atoms with Crippen molar-refractivity contribution in [1.29, 1.82) is 0 Å². The van der Waals surface area contributed by atoms with Gasteiger partial charge < -0.3 is 9.30 Å². The summed E-state index contributed by atoms with van der Waals surface area (Å²) in [4.78, 5) is 21.7. The third-order valence-electron chi connectivity index (χ3n) is 4.81. The third-order valence-corrected chi connectivity index (χ3v) is 4.81. The lowest BCUT2D eigenvalue weighted by Crippen LogP contribution is -2.24. The summed E-state index contributed by atoms with van der Waals surface area (Å²) in [5.41, 5.74) is 2.10. The molecule has 0 aliphatic rings. The molecule has 8 nitrogen and oxygen atoms in total. The molecule has 0 saturated heterocycles. The van der Waals surface area contributed by atoms with E-state index in [1.165, 1.54) is 4.68 Å². The van der Waals surface area contributed by atoms with E-state index in [1.807, 2.05) is 52.7 Å². The lowest BCUT2D eigenvalue weighted by Gasteiger charge is -2.03. The second-order valence-corrected chi connectivity index (χ2v) is 6.37. The maximum Gasteiger partial charge on any atom is 0.291 e. The highest BCUT2D eigenvalue weighted by Gasteiger charge is 2.15. The molecule has 0 fully saturated rings. The summed E-state index contributed by atoms with van der Waals surface area (Å²) in [5.74, 6) is 1.34. The van der Waals surface area contributed by atoms with Gasteiger partial charge in [-0.3, -0.25) is 9.20 Å². The molecule has 5 aromatic rings. The Hall–Kier alpha value is -3.68. The Labute approximate surface area is 153 Å². The molecule has 1 aromatic carbocycles. The van der Waals surface area contributed by atoms with Crippen LogP contribution in [0.15, 0.2) is 53.8 Å². The molecule has 0 saturated carbocycles. The van der Waals surface area contributed by atoms with Gasteiger partial charge in [-0.1, -0.05) is 0 Å². The van der Waals surface area contributed by atoms with Gasteiger partial charge in [0.1, 0.15) is 11.3 Å². The van der Waals surface area contributed by atoms with Crippen molar-refractivity contribution in [2.45, 2.75) is 6.54 Å². The van der Waals surface area contributed by atoms with Crippen LogP contribution in [-0.2, 0) is 13.6 Å². The molecular weight excluding hydrogens is 344 g/mol. The highest BCUT2D eigenvalue weighted by atomic mass is 16.5. The van der Waals surface area contributed by atoms with Crippen molar-refractivity contribution in [2.75, 3.05) is 7.11 Å². The molecule has 0 N–H and O–H groups in total. The highest BCUT2D eigenvalue weighted by Crippen LogP contribution is 2.28. The summed E-state index contributed by atoms with van der Waals surface area (Å²) in [5, 5.41) is 6.17. The van der Waals surface area contributed by atoms with Gasteiger partial charge in [-0.05, 0) is 18.2 Å². The fourth-order valence-corrected chi connectivity index (χ4v) is 3.49. The normalized spacial score (nSPS) is 11.6. The number of hydrogen-bond acceptors (Lipinski definition) is 5. The molecule has 0 spiro atoms. The first kappa shape index (κ1) is 15.6. The summed E-state index contributed by atoms with van der Waals surface area (Å²) < 4.78 is 10.4. The number of ether oxygens (including phenoxy) is 1. The quantitative estimate of drug-likeness (QED) is 0.492. The lowest BCUT2D eigenvalue weighted by molar-refractivity contribution is 0.415. The maximum atomic E-state index is 13.1. The van der Waals surface area contributed by atoms with Crippen LogP contribution < -0.4 is 10.3 Å². The Morgan fingerprint density at radius 1 is 1.22 bits per heavy atom. The Morgan fingerprint density at radius 3 is 2.93 bits per heavy atom. The number of imidazole rings is 1. The number of fused-ring (bicyclic) bond motifs is 4. The summed E-state index contributed by atoms with van der Waals surface area (Å²) in [6.45, 7) is 0.281. The first-order valence-electron chi connectivity index (χ1n) is 8.46. The van der Waals surface area contributed by atoms with Gasteiger partial charge in [-0.25, -0.2) is 14.6 Å². The molecule has 0 atom stereocenters. The van der Waals surface area contributed by atoms with Gasteiger partial charge >= 0.3 is 0 Å². The number of aromatic nitrogens is 6. The Bertz CT molecular complexity index is 1350. The fraction of sp³-hybridized carbons (Fsp3) is 0.158. The van der Waals surface area contributed by atoms with Crippen LogP contribution in [0, 0.1) is 0 Å². The van der Waals surface area contributed by atoms with E-state index in [-0.39, 0.29) is 12.1 Å². The van der Waals surface area contributed by atoms with Gasteiger partial charge in [-0.15, -0.1) is 0 Å². The van der Waals surface area contributed by atoms with Crippen LogP contribution in [0.4, 0.5) is 0 Å². The molecular formula is C19H16N6O2. The number of nitrogens with zero attached hydrogens (tertiary/aromatic N) is 6. The van der Waals surface area contributed by atoms with Crippen LogP contribution in [0.25, 0.3) is 27.6 Å². The van der Waals surface area contributed by atoms with Crippen LogP contribution >= 0.6 is 0 Å². The van der Waals surface area contributed by atoms with Crippen molar-refractivity contribution in [3.8, 4) is 5.75 Å². The van der Waals surface area contributed by atoms with Gasteiger partial charge in [0, 0.05) is 42.5 Å². The Morgan fingerprint density at radius 2 is 2.11 bits per heavy atom. The first-order valence-corrected chi connectivity index (χ1v) is 8.46. The predicted octanol–water partition coefficient (Wildman–Crippen LogP) is 1.99. The van der Waals surface area contributed by atoms with E-state index in [4.69, 9.17) is 4.74 Å². The molecule has 4 aromatic heterocycles. The maximum absolute atomic E-state index is 13.1. The minimum absolute atomic E-state index is 0.157. The minimum Gasteiger partial charge on any atom is -0.497 e. The summed E-state index contributed by atoms with van der Waals surface area (Å²) in [6, 6.07) is 7.60. The molecule has 27 heavy (non-hydrogen) atoms. The molecule has 8 heteroatoms. The molecule has 0 aliphatic heterocycles. The minimum atomic E-state index is -0.157. The van der Waals surface area contributed by atoms with E-state index in [0.717, 1.165) is 27.7 Å². The number of benzene rings is 1. The topological polar surface area (TPSA) is 79.2 Å². The van der Waals surface area contributed by atoms with Gasteiger partial charge in [0.2, 0.25) is 5.78 Å². The van der Waals surface area contributed by atoms with Crippen LogP contribution in [0.3, 0.4) is 0 Å². The zero-order chi connectivity index (χ0) is 18.5. The van der Waals surface area contributed by atoms with Crippen LogP contribution in [0.1, 0.15) is 5.69 Å². The molecule has 0 unspecified atom stereocenters. The molecule has 0 aliphatic carbocycles. The van der Waals surface area contributed by atoms with E-state index in [1.54, 1.807) is 19.5 Å². The molecule has 0 radical (unpaired) electrons. The van der Waals surface area contributed by atoms with Crippen LogP contribution in [0.2, 0.25) is 0 Å². The Balaban J connectivity index is 1.67. The largest absolute Gasteiger partial charge is 0.497 e. The average molecular weight is 360 g/mol. The molecule has 5 rings (SSSR count). The molecule has 0 amide bonds.